The first kappa shape index (κ1) is 16.9. The number of hydrogen-bond donors (Lipinski definition) is 1. The number of aliphatic hydroxyl groups is 1. The Morgan fingerprint density at radius 2 is 2.00 bits per heavy atom. The molecular weight excluding hydrogens is 300 g/mol. The van der Waals surface area contributed by atoms with Crippen LogP contribution in [0.2, 0.25) is 0 Å². The standard InChI is InChI=1S/C20H26N2O2/c1-17-12-18(14-21-13-17)15-22-10-5-8-20(23,9-11-22)16-24-19-6-3-2-4-7-19/h2-4,6-7,12-14,23H,5,8-11,15-16H2,1H3. The lowest BCUT2D eigenvalue weighted by atomic mass is 9.96. The lowest BCUT2D eigenvalue weighted by Crippen LogP contribution is -2.37. The number of rotatable bonds is 5. The maximum absolute atomic E-state index is 10.9. The molecule has 1 aliphatic rings. The maximum Gasteiger partial charge on any atom is 0.119 e. The minimum absolute atomic E-state index is 0.358. The largest absolute Gasteiger partial charge is 0.491 e. The first-order valence-electron chi connectivity index (χ1n) is 8.66. The van der Waals surface area contributed by atoms with Crippen molar-refractivity contribution in [1.82, 2.24) is 9.88 Å². The smallest absolute Gasteiger partial charge is 0.119 e. The molecule has 0 saturated carbocycles. The Labute approximate surface area is 144 Å². The molecule has 4 nitrogen and oxygen atoms in total. The van der Waals surface area contributed by atoms with Gasteiger partial charge < -0.3 is 9.84 Å². The number of benzene rings is 1. The van der Waals surface area contributed by atoms with Crippen LogP contribution in [0, 0.1) is 6.92 Å². The van der Waals surface area contributed by atoms with E-state index in [-0.39, 0.29) is 0 Å². The minimum atomic E-state index is -0.741. The predicted octanol–water partition coefficient (Wildman–Crippen LogP) is 3.19. The van der Waals surface area contributed by atoms with Crippen LogP contribution in [-0.4, -0.2) is 40.3 Å². The van der Waals surface area contributed by atoms with Gasteiger partial charge in [0.1, 0.15) is 12.4 Å². The monoisotopic (exact) mass is 326 g/mol. The second-order valence-electron chi connectivity index (χ2n) is 6.83. The second kappa shape index (κ2) is 7.77. The van der Waals surface area contributed by atoms with Crippen molar-refractivity contribution in [2.45, 2.75) is 38.3 Å². The molecule has 4 heteroatoms. The maximum atomic E-state index is 10.9. The number of para-hydroxylation sites is 1. The summed E-state index contributed by atoms with van der Waals surface area (Å²) in [5.74, 6) is 0.817. The third-order valence-corrected chi connectivity index (χ3v) is 4.60. The molecule has 0 bridgehead atoms. The van der Waals surface area contributed by atoms with Crippen molar-refractivity contribution in [3.05, 3.63) is 59.9 Å². The Hall–Kier alpha value is -1.91. The second-order valence-corrected chi connectivity index (χ2v) is 6.83. The van der Waals surface area contributed by atoms with E-state index in [0.29, 0.717) is 6.61 Å². The zero-order valence-corrected chi connectivity index (χ0v) is 14.3. The summed E-state index contributed by atoms with van der Waals surface area (Å²) in [6.07, 6.45) is 6.31. The van der Waals surface area contributed by atoms with Gasteiger partial charge in [-0.2, -0.15) is 0 Å². The topological polar surface area (TPSA) is 45.6 Å². The van der Waals surface area contributed by atoms with Gasteiger partial charge in [-0.3, -0.25) is 9.88 Å². The number of aryl methyl sites for hydroxylation is 1. The Kier molecular flexibility index (Phi) is 5.48. The van der Waals surface area contributed by atoms with Crippen LogP contribution in [-0.2, 0) is 6.54 Å². The van der Waals surface area contributed by atoms with Crippen LogP contribution in [0.25, 0.3) is 0 Å². The number of nitrogens with zero attached hydrogens (tertiary/aromatic N) is 2. The molecule has 1 aromatic carbocycles. The highest BCUT2D eigenvalue weighted by molar-refractivity contribution is 5.21. The van der Waals surface area contributed by atoms with Crippen molar-refractivity contribution in [3.63, 3.8) is 0 Å². The van der Waals surface area contributed by atoms with Crippen LogP contribution in [0.3, 0.4) is 0 Å². The van der Waals surface area contributed by atoms with Gasteiger partial charge in [0, 0.05) is 25.5 Å². The summed E-state index contributed by atoms with van der Waals surface area (Å²) in [5.41, 5.74) is 1.69. The zero-order valence-electron chi connectivity index (χ0n) is 14.3. The molecule has 2 heterocycles. The third-order valence-electron chi connectivity index (χ3n) is 4.60. The average molecular weight is 326 g/mol. The third kappa shape index (κ3) is 4.79. The Balaban J connectivity index is 1.54. The van der Waals surface area contributed by atoms with Gasteiger partial charge >= 0.3 is 0 Å². The Morgan fingerprint density at radius 1 is 1.17 bits per heavy atom. The summed E-state index contributed by atoms with van der Waals surface area (Å²) < 4.78 is 5.79. The molecule has 1 unspecified atom stereocenters. The van der Waals surface area contributed by atoms with E-state index in [2.05, 4.69) is 22.9 Å². The van der Waals surface area contributed by atoms with E-state index in [4.69, 9.17) is 4.74 Å². The molecule has 1 atom stereocenters. The summed E-state index contributed by atoms with van der Waals surface area (Å²) in [6.45, 7) is 5.20. The van der Waals surface area contributed by atoms with Gasteiger partial charge in [0.2, 0.25) is 0 Å². The Bertz CT molecular complexity index is 647. The molecule has 128 valence electrons. The molecular formula is C20H26N2O2. The number of ether oxygens (including phenoxy) is 1. The molecule has 0 radical (unpaired) electrons. The highest BCUT2D eigenvalue weighted by atomic mass is 16.5. The molecule has 0 aliphatic carbocycles. The highest BCUT2D eigenvalue weighted by Gasteiger charge is 2.31. The van der Waals surface area contributed by atoms with Crippen molar-refractivity contribution in [2.24, 2.45) is 0 Å². The lowest BCUT2D eigenvalue weighted by molar-refractivity contribution is -0.0168. The van der Waals surface area contributed by atoms with Crippen molar-refractivity contribution in [3.8, 4) is 5.75 Å². The van der Waals surface area contributed by atoms with Gasteiger partial charge in [0.05, 0.1) is 5.60 Å². The van der Waals surface area contributed by atoms with Gasteiger partial charge in [0.25, 0.3) is 0 Å². The summed E-state index contributed by atoms with van der Waals surface area (Å²) >= 11 is 0. The van der Waals surface area contributed by atoms with Crippen molar-refractivity contribution in [2.75, 3.05) is 19.7 Å². The first-order valence-corrected chi connectivity index (χ1v) is 8.66. The zero-order chi connectivity index (χ0) is 16.8. The van der Waals surface area contributed by atoms with Crippen LogP contribution in [0.5, 0.6) is 5.75 Å². The number of pyridine rings is 1. The van der Waals surface area contributed by atoms with Gasteiger partial charge in [-0.15, -0.1) is 0 Å². The number of hydrogen-bond acceptors (Lipinski definition) is 4. The fraction of sp³-hybridized carbons (Fsp3) is 0.450. The van der Waals surface area contributed by atoms with Crippen LogP contribution in [0.15, 0.2) is 48.8 Å². The van der Waals surface area contributed by atoms with E-state index in [0.717, 1.165) is 44.6 Å². The van der Waals surface area contributed by atoms with E-state index in [1.54, 1.807) is 0 Å². The molecule has 1 aliphatic heterocycles. The van der Waals surface area contributed by atoms with E-state index < -0.39 is 5.60 Å². The molecule has 1 saturated heterocycles. The quantitative estimate of drug-likeness (QED) is 0.916. The SMILES string of the molecule is Cc1cncc(CN2CCCC(O)(COc3ccccc3)CC2)c1. The summed E-state index contributed by atoms with van der Waals surface area (Å²) in [6, 6.07) is 11.9. The lowest BCUT2D eigenvalue weighted by Gasteiger charge is -2.27. The van der Waals surface area contributed by atoms with Gasteiger partial charge in [-0.25, -0.2) is 0 Å². The Morgan fingerprint density at radius 3 is 2.79 bits per heavy atom. The van der Waals surface area contributed by atoms with Crippen LogP contribution < -0.4 is 4.74 Å². The van der Waals surface area contributed by atoms with Crippen LogP contribution >= 0.6 is 0 Å². The van der Waals surface area contributed by atoms with E-state index >= 15 is 0 Å². The van der Waals surface area contributed by atoms with Gasteiger partial charge in [-0.1, -0.05) is 24.3 Å². The molecule has 1 fully saturated rings. The summed E-state index contributed by atoms with van der Waals surface area (Å²) in [4.78, 5) is 6.67. The fourth-order valence-corrected chi connectivity index (χ4v) is 3.23. The molecule has 1 aromatic heterocycles. The van der Waals surface area contributed by atoms with Crippen LogP contribution in [0.4, 0.5) is 0 Å². The minimum Gasteiger partial charge on any atom is -0.491 e. The highest BCUT2D eigenvalue weighted by Crippen LogP contribution is 2.24. The predicted molar refractivity (Wildman–Crippen MR) is 95.0 cm³/mol. The average Bonchev–Trinajstić information content (AvgIpc) is 2.77. The van der Waals surface area contributed by atoms with Crippen LogP contribution in [0.1, 0.15) is 30.4 Å². The molecule has 0 spiro atoms. The first-order chi connectivity index (χ1) is 11.6. The van der Waals surface area contributed by atoms with E-state index in [1.807, 2.05) is 42.7 Å². The van der Waals surface area contributed by atoms with E-state index in [1.165, 1.54) is 11.1 Å². The summed E-state index contributed by atoms with van der Waals surface area (Å²) in [7, 11) is 0. The van der Waals surface area contributed by atoms with E-state index in [9.17, 15) is 5.11 Å². The molecule has 0 amide bonds. The van der Waals surface area contributed by atoms with Gasteiger partial charge in [-0.05, 0) is 56.0 Å². The normalized spacial score (nSPS) is 22.1. The number of likely N-dealkylation sites (tertiary alicyclic amines) is 1. The van der Waals surface area contributed by atoms with Crippen molar-refractivity contribution in [1.29, 1.82) is 0 Å². The van der Waals surface area contributed by atoms with Gasteiger partial charge in [0.15, 0.2) is 0 Å². The van der Waals surface area contributed by atoms with Crippen molar-refractivity contribution < 1.29 is 9.84 Å². The molecule has 3 rings (SSSR count). The molecule has 2 aromatic rings. The fourth-order valence-electron chi connectivity index (χ4n) is 3.23. The summed E-state index contributed by atoms with van der Waals surface area (Å²) in [5, 5.41) is 10.9. The molecule has 24 heavy (non-hydrogen) atoms. The molecule has 1 N–H and O–H groups in total. The number of aromatic nitrogens is 1. The van der Waals surface area contributed by atoms with Crippen molar-refractivity contribution >= 4 is 0 Å².